The number of pyridine rings is 1. The van der Waals surface area contributed by atoms with E-state index in [-0.39, 0.29) is 18.9 Å². The molecule has 0 aliphatic rings. The van der Waals surface area contributed by atoms with Gasteiger partial charge in [0.2, 0.25) is 5.91 Å². The molecular weight excluding hydrogens is 210 g/mol. The fourth-order valence-electron chi connectivity index (χ4n) is 1.05. The number of amides is 2. The number of carbonyl (C=O) groups is 2. The standard InChI is InChI=1S/C9H13N5O2/c10-7(15)2-4-13-9(16)6-1-3-12-8(5-6)14-11/h1,3,5H,2,4,11H2,(H2,10,15)(H,12,14)(H,13,16). The van der Waals surface area contributed by atoms with Crippen molar-refractivity contribution in [3.05, 3.63) is 23.9 Å². The van der Waals surface area contributed by atoms with E-state index in [1.54, 1.807) is 6.07 Å². The molecule has 0 atom stereocenters. The van der Waals surface area contributed by atoms with Gasteiger partial charge in [-0.1, -0.05) is 0 Å². The summed E-state index contributed by atoms with van der Waals surface area (Å²) in [4.78, 5) is 25.8. The predicted molar refractivity (Wildman–Crippen MR) is 58.2 cm³/mol. The molecule has 2 amide bonds. The first-order valence-electron chi connectivity index (χ1n) is 4.62. The van der Waals surface area contributed by atoms with E-state index < -0.39 is 5.91 Å². The van der Waals surface area contributed by atoms with E-state index in [1.807, 2.05) is 0 Å². The summed E-state index contributed by atoms with van der Waals surface area (Å²) in [7, 11) is 0. The summed E-state index contributed by atoms with van der Waals surface area (Å²) in [5, 5.41) is 2.55. The van der Waals surface area contributed by atoms with Crippen molar-refractivity contribution in [1.82, 2.24) is 10.3 Å². The third kappa shape index (κ3) is 3.54. The number of anilines is 1. The van der Waals surface area contributed by atoms with Crippen molar-refractivity contribution in [3.63, 3.8) is 0 Å². The van der Waals surface area contributed by atoms with Gasteiger partial charge in [0, 0.05) is 24.7 Å². The monoisotopic (exact) mass is 223 g/mol. The summed E-state index contributed by atoms with van der Waals surface area (Å²) in [5.74, 6) is 4.78. The lowest BCUT2D eigenvalue weighted by atomic mass is 10.2. The van der Waals surface area contributed by atoms with Crippen molar-refractivity contribution in [2.24, 2.45) is 11.6 Å². The quantitative estimate of drug-likeness (QED) is 0.375. The Kier molecular flexibility index (Phi) is 4.22. The van der Waals surface area contributed by atoms with E-state index in [0.29, 0.717) is 11.4 Å². The van der Waals surface area contributed by atoms with Crippen LogP contribution in [0.3, 0.4) is 0 Å². The number of nitrogens with two attached hydrogens (primary N) is 2. The Morgan fingerprint density at radius 1 is 1.44 bits per heavy atom. The molecule has 0 spiro atoms. The summed E-state index contributed by atoms with van der Waals surface area (Å²) in [6.45, 7) is 0.210. The third-order valence-corrected chi connectivity index (χ3v) is 1.83. The van der Waals surface area contributed by atoms with Gasteiger partial charge in [0.15, 0.2) is 0 Å². The van der Waals surface area contributed by atoms with Gasteiger partial charge in [-0.15, -0.1) is 0 Å². The molecule has 0 aromatic carbocycles. The highest BCUT2D eigenvalue weighted by atomic mass is 16.2. The van der Waals surface area contributed by atoms with Crippen LogP contribution in [-0.2, 0) is 4.79 Å². The molecule has 0 fully saturated rings. The molecule has 1 aromatic heterocycles. The van der Waals surface area contributed by atoms with Gasteiger partial charge in [0.1, 0.15) is 5.82 Å². The number of hydrogen-bond acceptors (Lipinski definition) is 5. The highest BCUT2D eigenvalue weighted by Crippen LogP contribution is 2.04. The first-order valence-corrected chi connectivity index (χ1v) is 4.62. The molecule has 0 radical (unpaired) electrons. The summed E-state index contributed by atoms with van der Waals surface area (Å²) in [5.41, 5.74) is 7.68. The SMILES string of the molecule is NNc1cc(C(=O)NCCC(N)=O)ccn1. The number of nitrogens with zero attached hydrogens (tertiary/aromatic N) is 1. The molecule has 1 heterocycles. The molecule has 16 heavy (non-hydrogen) atoms. The number of hydrazine groups is 1. The predicted octanol–water partition coefficient (Wildman–Crippen LogP) is -1.03. The van der Waals surface area contributed by atoms with Crippen LogP contribution in [0.25, 0.3) is 0 Å². The molecule has 0 bridgehead atoms. The van der Waals surface area contributed by atoms with E-state index in [0.717, 1.165) is 0 Å². The van der Waals surface area contributed by atoms with Crippen molar-refractivity contribution in [1.29, 1.82) is 0 Å². The first kappa shape index (κ1) is 11.9. The van der Waals surface area contributed by atoms with Gasteiger partial charge in [0.05, 0.1) is 0 Å². The molecule has 1 rings (SSSR count). The van der Waals surface area contributed by atoms with Gasteiger partial charge in [-0.2, -0.15) is 0 Å². The molecule has 0 saturated heterocycles. The zero-order chi connectivity index (χ0) is 12.0. The van der Waals surface area contributed by atoms with Crippen LogP contribution < -0.4 is 22.3 Å². The number of aromatic nitrogens is 1. The van der Waals surface area contributed by atoms with Crippen LogP contribution in [0.4, 0.5) is 5.82 Å². The highest BCUT2D eigenvalue weighted by Gasteiger charge is 2.06. The maximum atomic E-state index is 11.5. The van der Waals surface area contributed by atoms with Crippen molar-refractivity contribution >= 4 is 17.6 Å². The van der Waals surface area contributed by atoms with E-state index in [9.17, 15) is 9.59 Å². The van der Waals surface area contributed by atoms with Crippen molar-refractivity contribution < 1.29 is 9.59 Å². The van der Waals surface area contributed by atoms with Gasteiger partial charge in [-0.25, -0.2) is 10.8 Å². The van der Waals surface area contributed by atoms with E-state index in [2.05, 4.69) is 15.7 Å². The van der Waals surface area contributed by atoms with Crippen LogP contribution in [0.1, 0.15) is 16.8 Å². The topological polar surface area (TPSA) is 123 Å². The largest absolute Gasteiger partial charge is 0.370 e. The summed E-state index contributed by atoms with van der Waals surface area (Å²) in [6.07, 6.45) is 1.57. The number of carbonyl (C=O) groups excluding carboxylic acids is 2. The number of primary amides is 1. The highest BCUT2D eigenvalue weighted by molar-refractivity contribution is 5.94. The zero-order valence-corrected chi connectivity index (χ0v) is 8.56. The lowest BCUT2D eigenvalue weighted by Gasteiger charge is -2.05. The van der Waals surface area contributed by atoms with E-state index in [1.165, 1.54) is 12.3 Å². The minimum atomic E-state index is -0.459. The van der Waals surface area contributed by atoms with Gasteiger partial charge >= 0.3 is 0 Å². The van der Waals surface area contributed by atoms with E-state index >= 15 is 0 Å². The molecule has 0 aliphatic carbocycles. The van der Waals surface area contributed by atoms with E-state index in [4.69, 9.17) is 11.6 Å². The molecule has 7 nitrogen and oxygen atoms in total. The van der Waals surface area contributed by atoms with Gasteiger partial charge < -0.3 is 16.5 Å². The lowest BCUT2D eigenvalue weighted by Crippen LogP contribution is -2.28. The minimum Gasteiger partial charge on any atom is -0.370 e. The second kappa shape index (κ2) is 5.66. The Morgan fingerprint density at radius 3 is 2.81 bits per heavy atom. The molecule has 0 unspecified atom stereocenters. The smallest absolute Gasteiger partial charge is 0.251 e. The Morgan fingerprint density at radius 2 is 2.19 bits per heavy atom. The Hall–Kier alpha value is -2.15. The normalized spacial score (nSPS) is 9.56. The minimum absolute atomic E-state index is 0.110. The lowest BCUT2D eigenvalue weighted by molar-refractivity contribution is -0.117. The molecule has 7 heteroatoms. The maximum Gasteiger partial charge on any atom is 0.251 e. The Labute approximate surface area is 92.2 Å². The Bertz CT molecular complexity index is 393. The fraction of sp³-hybridized carbons (Fsp3) is 0.222. The summed E-state index contributed by atoms with van der Waals surface area (Å²) in [6, 6.07) is 3.04. The van der Waals surface area contributed by atoms with Crippen molar-refractivity contribution in [3.8, 4) is 0 Å². The second-order valence-electron chi connectivity index (χ2n) is 3.05. The van der Waals surface area contributed by atoms with Crippen LogP contribution in [0.5, 0.6) is 0 Å². The van der Waals surface area contributed by atoms with Crippen LogP contribution >= 0.6 is 0 Å². The van der Waals surface area contributed by atoms with Crippen LogP contribution in [0.2, 0.25) is 0 Å². The van der Waals surface area contributed by atoms with Crippen LogP contribution in [0.15, 0.2) is 18.3 Å². The second-order valence-corrected chi connectivity index (χ2v) is 3.05. The third-order valence-electron chi connectivity index (χ3n) is 1.83. The Balaban J connectivity index is 2.55. The molecule has 0 aliphatic heterocycles. The van der Waals surface area contributed by atoms with Crippen molar-refractivity contribution in [2.45, 2.75) is 6.42 Å². The van der Waals surface area contributed by atoms with Gasteiger partial charge in [-0.3, -0.25) is 9.59 Å². The average molecular weight is 223 g/mol. The number of hydrogen-bond donors (Lipinski definition) is 4. The number of nitrogen functional groups attached to an aromatic ring is 1. The maximum absolute atomic E-state index is 11.5. The summed E-state index contributed by atoms with van der Waals surface area (Å²) >= 11 is 0. The van der Waals surface area contributed by atoms with Crippen LogP contribution in [0, 0.1) is 0 Å². The van der Waals surface area contributed by atoms with Gasteiger partial charge in [-0.05, 0) is 12.1 Å². The molecular formula is C9H13N5O2. The van der Waals surface area contributed by atoms with Crippen LogP contribution in [-0.4, -0.2) is 23.3 Å². The molecule has 6 N–H and O–H groups in total. The molecule has 0 saturated carbocycles. The average Bonchev–Trinajstić information content (AvgIpc) is 2.28. The van der Waals surface area contributed by atoms with Gasteiger partial charge in [0.25, 0.3) is 5.91 Å². The zero-order valence-electron chi connectivity index (χ0n) is 8.56. The summed E-state index contributed by atoms with van der Waals surface area (Å²) < 4.78 is 0. The molecule has 86 valence electrons. The number of rotatable bonds is 5. The first-order chi connectivity index (χ1) is 7.63. The fourth-order valence-corrected chi connectivity index (χ4v) is 1.05. The van der Waals surface area contributed by atoms with Crippen molar-refractivity contribution in [2.75, 3.05) is 12.0 Å². The molecule has 1 aromatic rings. The number of nitrogens with one attached hydrogen (secondary N) is 2.